The molecule has 15 heteroatoms. The van der Waals surface area contributed by atoms with Crippen molar-refractivity contribution in [3.63, 3.8) is 0 Å². The maximum atomic E-state index is 12.3. The molecule has 0 saturated carbocycles. The summed E-state index contributed by atoms with van der Waals surface area (Å²) >= 11 is 0. The lowest BCUT2D eigenvalue weighted by molar-refractivity contribution is -0.134. The Bertz CT molecular complexity index is 1520. The van der Waals surface area contributed by atoms with Crippen LogP contribution in [0.4, 0.5) is 10.5 Å². The van der Waals surface area contributed by atoms with Gasteiger partial charge in [0.2, 0.25) is 10.0 Å². The van der Waals surface area contributed by atoms with Gasteiger partial charge in [-0.25, -0.2) is 27.5 Å². The van der Waals surface area contributed by atoms with Crippen LogP contribution in [0.1, 0.15) is 24.2 Å². The average Bonchev–Trinajstić information content (AvgIpc) is 3.44. The number of para-hydroxylation sites is 1. The maximum Gasteiger partial charge on any atom is 0.411 e. The lowest BCUT2D eigenvalue weighted by Gasteiger charge is -2.34. The van der Waals surface area contributed by atoms with Gasteiger partial charge >= 0.3 is 18.0 Å². The molecule has 14 nitrogen and oxygen atoms in total. The van der Waals surface area contributed by atoms with E-state index in [1.807, 2.05) is 36.4 Å². The van der Waals surface area contributed by atoms with Crippen molar-refractivity contribution in [3.8, 4) is 11.5 Å². The number of aromatic nitrogens is 2. The molecular formula is C29H35N5O9S. The molecule has 0 bridgehead atoms. The van der Waals surface area contributed by atoms with E-state index in [0.717, 1.165) is 37.8 Å². The number of hydrogen-bond acceptors (Lipinski definition) is 9. The molecule has 1 aromatic heterocycles. The van der Waals surface area contributed by atoms with Gasteiger partial charge in [0.05, 0.1) is 17.5 Å². The minimum Gasteiger partial charge on any atom is -0.478 e. The first-order chi connectivity index (χ1) is 20.9. The van der Waals surface area contributed by atoms with Crippen LogP contribution in [-0.4, -0.2) is 95.8 Å². The van der Waals surface area contributed by atoms with Crippen LogP contribution in [0, 0.1) is 5.92 Å². The van der Waals surface area contributed by atoms with Gasteiger partial charge in [-0.3, -0.25) is 4.90 Å². The predicted octanol–water partition coefficient (Wildman–Crippen LogP) is 2.78. The van der Waals surface area contributed by atoms with E-state index in [0.29, 0.717) is 55.3 Å². The number of sulfonamides is 1. The third-order valence-electron chi connectivity index (χ3n) is 6.64. The van der Waals surface area contributed by atoms with E-state index in [-0.39, 0.29) is 11.8 Å². The molecule has 236 valence electrons. The lowest BCUT2D eigenvalue weighted by atomic mass is 9.95. The van der Waals surface area contributed by atoms with Crippen LogP contribution in [0.15, 0.2) is 71.3 Å². The Hall–Kier alpha value is -4.60. The summed E-state index contributed by atoms with van der Waals surface area (Å²) in [6, 6.07) is 17.0. The molecule has 4 N–H and O–H groups in total. The molecule has 1 aliphatic heterocycles. The van der Waals surface area contributed by atoms with Crippen LogP contribution < -0.4 is 9.62 Å². The molecule has 0 aliphatic carbocycles. The van der Waals surface area contributed by atoms with Crippen LogP contribution >= 0.6 is 0 Å². The van der Waals surface area contributed by atoms with Crippen molar-refractivity contribution in [2.45, 2.75) is 19.3 Å². The second kappa shape index (κ2) is 16.3. The number of aliphatic carboxylic acids is 2. The number of piperidine rings is 1. The number of likely N-dealkylation sites (tertiary alicyclic amines) is 1. The minimum absolute atomic E-state index is 0.185. The molecule has 0 unspecified atom stereocenters. The summed E-state index contributed by atoms with van der Waals surface area (Å²) in [6.07, 6.45) is 3.40. The van der Waals surface area contributed by atoms with E-state index in [1.54, 1.807) is 18.2 Å². The number of carbonyl (C=O) groups is 3. The number of hydrogen-bond donors (Lipinski definition) is 4. The van der Waals surface area contributed by atoms with E-state index in [2.05, 4.69) is 19.8 Å². The highest BCUT2D eigenvalue weighted by molar-refractivity contribution is 7.88. The summed E-state index contributed by atoms with van der Waals surface area (Å²) in [5.41, 5.74) is 2.15. The predicted molar refractivity (Wildman–Crippen MR) is 161 cm³/mol. The Morgan fingerprint density at radius 1 is 1.00 bits per heavy atom. The number of rotatable bonds is 12. The molecule has 44 heavy (non-hydrogen) atoms. The Labute approximate surface area is 254 Å². The first-order valence-corrected chi connectivity index (χ1v) is 15.6. The van der Waals surface area contributed by atoms with Gasteiger partial charge < -0.3 is 24.7 Å². The van der Waals surface area contributed by atoms with Gasteiger partial charge in [0.15, 0.2) is 5.82 Å². The average molecular weight is 630 g/mol. The van der Waals surface area contributed by atoms with Gasteiger partial charge in [-0.05, 0) is 49.5 Å². The van der Waals surface area contributed by atoms with E-state index >= 15 is 0 Å². The highest BCUT2D eigenvalue weighted by atomic mass is 32.2. The SMILES string of the molecule is CS(=O)(=O)NCCN1CCC(CN(C(=O)O)c2ccccc2-c2nc(Cc3ccccc3)no2)CC1.O=C(O)C=CC(=O)O. The molecular weight excluding hydrogens is 594 g/mol. The van der Waals surface area contributed by atoms with Gasteiger partial charge in [0.1, 0.15) is 0 Å². The van der Waals surface area contributed by atoms with Gasteiger partial charge in [-0.1, -0.05) is 47.6 Å². The summed E-state index contributed by atoms with van der Waals surface area (Å²) in [4.78, 5) is 39.5. The van der Waals surface area contributed by atoms with Crippen molar-refractivity contribution in [2.75, 3.05) is 43.9 Å². The van der Waals surface area contributed by atoms with E-state index in [9.17, 15) is 27.9 Å². The van der Waals surface area contributed by atoms with Crippen molar-refractivity contribution in [1.29, 1.82) is 0 Å². The molecule has 2 heterocycles. The van der Waals surface area contributed by atoms with Crippen molar-refractivity contribution in [1.82, 2.24) is 19.8 Å². The first kappa shape index (κ1) is 33.9. The quantitative estimate of drug-likeness (QED) is 0.214. The molecule has 0 spiro atoms. The number of nitrogens with one attached hydrogen (secondary N) is 1. The second-order valence-electron chi connectivity index (χ2n) is 10.0. The largest absolute Gasteiger partial charge is 0.478 e. The molecule has 4 rings (SSSR count). The standard InChI is InChI=1S/C25H31N5O5S.C4H4O4/c1-36(33,34)26-13-16-29-14-11-20(12-15-29)18-30(25(31)32)22-10-6-5-9-21(22)24-27-23(28-35-24)17-19-7-3-2-4-8-19;5-3(6)1-2-4(7)8/h2-10,20,26H,11-18H2,1H3,(H,31,32);1-2H,(H,5,6)(H,7,8). The van der Waals surface area contributed by atoms with E-state index in [1.165, 1.54) is 4.90 Å². The third-order valence-corrected chi connectivity index (χ3v) is 7.37. The van der Waals surface area contributed by atoms with Crippen molar-refractivity contribution in [3.05, 3.63) is 78.1 Å². The molecule has 1 aliphatic rings. The fourth-order valence-corrected chi connectivity index (χ4v) is 5.03. The summed E-state index contributed by atoms with van der Waals surface area (Å²) in [6.45, 7) is 2.94. The van der Waals surface area contributed by atoms with Crippen molar-refractivity contribution in [2.24, 2.45) is 5.92 Å². The Balaban J connectivity index is 0.000000583. The monoisotopic (exact) mass is 629 g/mol. The van der Waals surface area contributed by atoms with Crippen molar-refractivity contribution >= 4 is 33.7 Å². The third kappa shape index (κ3) is 11.6. The first-order valence-electron chi connectivity index (χ1n) is 13.7. The highest BCUT2D eigenvalue weighted by Gasteiger charge is 2.27. The Kier molecular flexibility index (Phi) is 12.6. The van der Waals surface area contributed by atoms with Gasteiger partial charge in [-0.2, -0.15) is 4.98 Å². The lowest BCUT2D eigenvalue weighted by Crippen LogP contribution is -2.43. The summed E-state index contributed by atoms with van der Waals surface area (Å²) in [5.74, 6) is -1.51. The molecule has 1 amide bonds. The van der Waals surface area contributed by atoms with Gasteiger partial charge in [0.25, 0.3) is 5.89 Å². The fourth-order valence-electron chi connectivity index (χ4n) is 4.57. The fraction of sp³-hybridized carbons (Fsp3) is 0.345. The molecule has 3 aromatic rings. The smallest absolute Gasteiger partial charge is 0.411 e. The number of carboxylic acid groups (broad SMARTS) is 3. The second-order valence-corrected chi connectivity index (χ2v) is 11.9. The van der Waals surface area contributed by atoms with Crippen LogP contribution in [0.2, 0.25) is 0 Å². The summed E-state index contributed by atoms with van der Waals surface area (Å²) in [7, 11) is -3.20. The van der Waals surface area contributed by atoms with Crippen LogP contribution in [0.25, 0.3) is 11.5 Å². The van der Waals surface area contributed by atoms with Crippen LogP contribution in [0.3, 0.4) is 0 Å². The van der Waals surface area contributed by atoms with Gasteiger partial charge in [0, 0.05) is 38.2 Å². The molecule has 2 aromatic carbocycles. The zero-order valence-electron chi connectivity index (χ0n) is 24.1. The van der Waals surface area contributed by atoms with Crippen LogP contribution in [0.5, 0.6) is 0 Å². The van der Waals surface area contributed by atoms with Crippen molar-refractivity contribution < 1.29 is 42.6 Å². The van der Waals surface area contributed by atoms with Gasteiger partial charge in [-0.15, -0.1) is 0 Å². The Morgan fingerprint density at radius 3 is 2.20 bits per heavy atom. The number of nitrogens with zero attached hydrogens (tertiary/aromatic N) is 4. The summed E-state index contributed by atoms with van der Waals surface area (Å²) in [5, 5.41) is 29.8. The number of amides is 1. The number of anilines is 1. The normalized spacial score (nSPS) is 14.1. The minimum atomic E-state index is -3.20. The zero-order valence-corrected chi connectivity index (χ0v) is 24.9. The van der Waals surface area contributed by atoms with E-state index in [4.69, 9.17) is 14.7 Å². The van der Waals surface area contributed by atoms with E-state index < -0.39 is 28.1 Å². The number of carboxylic acids is 2. The maximum absolute atomic E-state index is 12.3. The number of benzene rings is 2. The molecule has 0 atom stereocenters. The summed E-state index contributed by atoms with van der Waals surface area (Å²) < 4.78 is 30.5. The molecule has 0 radical (unpaired) electrons. The zero-order chi connectivity index (χ0) is 32.1. The molecule has 1 saturated heterocycles. The topological polar surface area (TPSA) is 203 Å². The highest BCUT2D eigenvalue weighted by Crippen LogP contribution is 2.32. The molecule has 1 fully saturated rings. The Morgan fingerprint density at radius 2 is 1.61 bits per heavy atom. The van der Waals surface area contributed by atoms with Crippen LogP contribution in [-0.2, 0) is 26.0 Å².